The van der Waals surface area contributed by atoms with Gasteiger partial charge in [-0.15, -0.1) is 0 Å². The minimum Gasteiger partial charge on any atom is -0.482 e. The van der Waals surface area contributed by atoms with Crippen molar-refractivity contribution in [1.82, 2.24) is 5.32 Å². The molecule has 2 aliphatic rings. The Morgan fingerprint density at radius 3 is 2.65 bits per heavy atom. The number of hydrogen-bond acceptors (Lipinski definition) is 4. The van der Waals surface area contributed by atoms with Gasteiger partial charge in [-0.25, -0.2) is 0 Å². The van der Waals surface area contributed by atoms with Crippen LogP contribution in [0.2, 0.25) is 10.0 Å². The minimum atomic E-state index is -0.572. The lowest BCUT2D eigenvalue weighted by Crippen LogP contribution is -2.38. The van der Waals surface area contributed by atoms with Crippen molar-refractivity contribution in [3.8, 4) is 5.75 Å². The van der Waals surface area contributed by atoms with Crippen LogP contribution in [0.15, 0.2) is 6.07 Å². The highest BCUT2D eigenvalue weighted by Crippen LogP contribution is 2.52. The van der Waals surface area contributed by atoms with Crippen molar-refractivity contribution in [2.24, 2.45) is 17.1 Å². The highest BCUT2D eigenvalue weighted by Gasteiger charge is 2.49. The third-order valence-electron chi connectivity index (χ3n) is 5.45. The molecule has 0 aliphatic heterocycles. The average Bonchev–Trinajstić information content (AvgIpc) is 3.18. The lowest BCUT2D eigenvalue weighted by Gasteiger charge is -2.29. The molecule has 2 aliphatic carbocycles. The van der Waals surface area contributed by atoms with Crippen molar-refractivity contribution in [3.05, 3.63) is 27.2 Å². The van der Waals surface area contributed by atoms with Crippen molar-refractivity contribution in [2.45, 2.75) is 39.0 Å². The third kappa shape index (κ3) is 3.28. The summed E-state index contributed by atoms with van der Waals surface area (Å²) in [6.07, 6.45) is 5.00. The van der Waals surface area contributed by atoms with E-state index in [0.717, 1.165) is 31.2 Å². The van der Waals surface area contributed by atoms with Crippen LogP contribution in [-0.4, -0.2) is 24.3 Å². The maximum absolute atomic E-state index is 13.1. The number of halogens is 2. The van der Waals surface area contributed by atoms with Crippen LogP contribution < -0.4 is 15.8 Å². The van der Waals surface area contributed by atoms with Crippen LogP contribution >= 0.6 is 23.2 Å². The van der Waals surface area contributed by atoms with Crippen molar-refractivity contribution >= 4 is 40.9 Å². The van der Waals surface area contributed by atoms with E-state index in [2.05, 4.69) is 5.32 Å². The molecule has 4 N–H and O–H groups in total. The average molecular weight is 398 g/mol. The summed E-state index contributed by atoms with van der Waals surface area (Å²) < 4.78 is 5.44. The van der Waals surface area contributed by atoms with Gasteiger partial charge in [0.15, 0.2) is 18.3 Å². The second kappa shape index (κ2) is 7.08. The second-order valence-corrected chi connectivity index (χ2v) is 7.95. The van der Waals surface area contributed by atoms with E-state index < -0.39 is 17.3 Å². The molecule has 8 heteroatoms. The first-order chi connectivity index (χ1) is 12.2. The van der Waals surface area contributed by atoms with Crippen molar-refractivity contribution < 1.29 is 14.3 Å². The Morgan fingerprint density at radius 1 is 1.38 bits per heavy atom. The van der Waals surface area contributed by atoms with E-state index in [1.54, 1.807) is 6.07 Å². The van der Waals surface area contributed by atoms with E-state index in [1.807, 2.05) is 6.92 Å². The number of Topliss-reactive ketones (excluding diaryl/α,β-unsaturated/α-hetero) is 1. The van der Waals surface area contributed by atoms with Crippen LogP contribution in [0.5, 0.6) is 5.75 Å². The van der Waals surface area contributed by atoms with Gasteiger partial charge in [0.05, 0.1) is 5.02 Å². The van der Waals surface area contributed by atoms with Gasteiger partial charge in [0.1, 0.15) is 10.8 Å². The molecule has 1 amide bonds. The molecule has 1 saturated carbocycles. The number of benzene rings is 1. The standard InChI is InChI=1S/C18H21Cl2N3O3/c1-18(10-4-2-3-5-10)7-9-6-11(26-8-12(24)23-17(21)22)14(19)15(20)13(9)16(18)25/h6,10H,2-5,7-8H2,1H3,(H4,21,22,23,24). The summed E-state index contributed by atoms with van der Waals surface area (Å²) in [5, 5.41) is 9.46. The first-order valence-electron chi connectivity index (χ1n) is 8.56. The van der Waals surface area contributed by atoms with E-state index >= 15 is 0 Å². The van der Waals surface area contributed by atoms with Crippen LogP contribution in [0.25, 0.3) is 0 Å². The molecule has 0 radical (unpaired) electrons. The molecule has 0 saturated heterocycles. The molecular weight excluding hydrogens is 377 g/mol. The van der Waals surface area contributed by atoms with Gasteiger partial charge in [-0.3, -0.25) is 20.3 Å². The molecule has 1 aromatic carbocycles. The molecule has 0 spiro atoms. The van der Waals surface area contributed by atoms with Gasteiger partial charge in [-0.05, 0) is 36.8 Å². The number of ether oxygens (including phenoxy) is 1. The molecule has 0 heterocycles. The summed E-state index contributed by atoms with van der Waals surface area (Å²) in [5.41, 5.74) is 5.93. The Morgan fingerprint density at radius 2 is 2.04 bits per heavy atom. The summed E-state index contributed by atoms with van der Waals surface area (Å²) in [6.45, 7) is 1.65. The fourth-order valence-electron chi connectivity index (χ4n) is 4.13. The number of ketones is 1. The largest absolute Gasteiger partial charge is 0.482 e. The zero-order valence-corrected chi connectivity index (χ0v) is 16.0. The monoisotopic (exact) mass is 397 g/mol. The van der Waals surface area contributed by atoms with Gasteiger partial charge in [0.25, 0.3) is 5.91 Å². The molecule has 1 unspecified atom stereocenters. The molecule has 1 fully saturated rings. The number of carbonyl (C=O) groups excluding carboxylic acids is 2. The third-order valence-corrected chi connectivity index (χ3v) is 6.30. The molecule has 0 aromatic heterocycles. The molecule has 140 valence electrons. The maximum Gasteiger partial charge on any atom is 0.264 e. The molecule has 3 rings (SSSR count). The number of guanidine groups is 1. The topological polar surface area (TPSA) is 105 Å². The van der Waals surface area contributed by atoms with Gasteiger partial charge in [0.2, 0.25) is 0 Å². The molecule has 0 bridgehead atoms. The van der Waals surface area contributed by atoms with E-state index in [0.29, 0.717) is 17.9 Å². The van der Waals surface area contributed by atoms with E-state index in [-0.39, 0.29) is 28.2 Å². The zero-order valence-electron chi connectivity index (χ0n) is 14.5. The Balaban J connectivity index is 1.86. The summed E-state index contributed by atoms with van der Waals surface area (Å²) in [4.78, 5) is 24.7. The van der Waals surface area contributed by atoms with E-state index in [9.17, 15) is 9.59 Å². The van der Waals surface area contributed by atoms with Gasteiger partial charge >= 0.3 is 0 Å². The number of nitrogens with two attached hydrogens (primary N) is 1. The van der Waals surface area contributed by atoms with Gasteiger partial charge in [-0.1, -0.05) is 43.0 Å². The van der Waals surface area contributed by atoms with E-state index in [1.165, 1.54) is 0 Å². The minimum absolute atomic E-state index is 0.0483. The quantitative estimate of drug-likeness (QED) is 0.535. The highest BCUT2D eigenvalue weighted by atomic mass is 35.5. The lowest BCUT2D eigenvalue weighted by atomic mass is 9.73. The Kier molecular flexibility index (Phi) is 5.17. The Hall–Kier alpha value is -1.79. The molecule has 1 aromatic rings. The van der Waals surface area contributed by atoms with Gasteiger partial charge < -0.3 is 10.5 Å². The molecule has 1 atom stereocenters. The number of carbonyl (C=O) groups is 2. The maximum atomic E-state index is 13.1. The van der Waals surface area contributed by atoms with Gasteiger partial charge in [0, 0.05) is 11.0 Å². The predicted molar refractivity (Wildman–Crippen MR) is 100 cm³/mol. The van der Waals surface area contributed by atoms with Crippen LogP contribution in [-0.2, 0) is 11.2 Å². The lowest BCUT2D eigenvalue weighted by molar-refractivity contribution is -0.121. The normalized spacial score (nSPS) is 22.3. The van der Waals surface area contributed by atoms with Crippen LogP contribution in [0.4, 0.5) is 0 Å². The molecule has 6 nitrogen and oxygen atoms in total. The van der Waals surface area contributed by atoms with Crippen molar-refractivity contribution in [1.29, 1.82) is 5.41 Å². The zero-order chi connectivity index (χ0) is 19.1. The fraction of sp³-hybridized carbons (Fsp3) is 0.500. The predicted octanol–water partition coefficient (Wildman–Crippen LogP) is 3.32. The van der Waals surface area contributed by atoms with Gasteiger partial charge in [-0.2, -0.15) is 0 Å². The SMILES string of the molecule is CC1(C2CCCC2)Cc2cc(OCC(=O)NC(=N)N)c(Cl)c(Cl)c2C1=O. The second-order valence-electron chi connectivity index (χ2n) is 7.19. The number of hydrogen-bond donors (Lipinski definition) is 3. The summed E-state index contributed by atoms with van der Waals surface area (Å²) >= 11 is 12.7. The Labute approximate surface area is 161 Å². The van der Waals surface area contributed by atoms with Crippen LogP contribution in [0.1, 0.15) is 48.5 Å². The molecular formula is C18H21Cl2N3O3. The Bertz CT molecular complexity index is 790. The number of nitrogens with one attached hydrogen (secondary N) is 2. The van der Waals surface area contributed by atoms with Crippen LogP contribution in [0, 0.1) is 16.7 Å². The fourth-order valence-corrected chi connectivity index (χ4v) is 4.63. The summed E-state index contributed by atoms with van der Waals surface area (Å²) in [6, 6.07) is 1.70. The van der Waals surface area contributed by atoms with Crippen molar-refractivity contribution in [3.63, 3.8) is 0 Å². The number of amides is 1. The highest BCUT2D eigenvalue weighted by molar-refractivity contribution is 6.45. The van der Waals surface area contributed by atoms with Crippen molar-refractivity contribution in [2.75, 3.05) is 6.61 Å². The molecule has 26 heavy (non-hydrogen) atoms. The van der Waals surface area contributed by atoms with E-state index in [4.69, 9.17) is 39.1 Å². The summed E-state index contributed by atoms with van der Waals surface area (Å²) in [5.74, 6) is -0.389. The first-order valence-corrected chi connectivity index (χ1v) is 9.32. The smallest absolute Gasteiger partial charge is 0.264 e. The van der Waals surface area contributed by atoms with Crippen LogP contribution in [0.3, 0.4) is 0 Å². The number of fused-ring (bicyclic) bond motifs is 1. The first kappa shape index (κ1) is 19.0. The number of rotatable bonds is 4. The summed E-state index contributed by atoms with van der Waals surface area (Å²) in [7, 11) is 0.